The lowest BCUT2D eigenvalue weighted by molar-refractivity contribution is -0.120. The molecule has 0 spiro atoms. The maximum Gasteiger partial charge on any atom is 0.226 e. The molecule has 1 fully saturated rings. The molecule has 146 valence electrons. The predicted molar refractivity (Wildman–Crippen MR) is 118 cm³/mol. The number of hydrogen-bond acceptors (Lipinski definition) is 4. The van der Waals surface area contributed by atoms with E-state index in [-0.39, 0.29) is 18.3 Å². The highest BCUT2D eigenvalue weighted by Gasteiger charge is 2.16. The maximum atomic E-state index is 12.4. The molecule has 0 bridgehead atoms. The van der Waals surface area contributed by atoms with Crippen molar-refractivity contribution < 1.29 is 4.79 Å². The number of benzene rings is 2. The van der Waals surface area contributed by atoms with Gasteiger partial charge in [-0.1, -0.05) is 48.5 Å². The SMILES string of the molecule is Cl.O=C(Cc1csc(-c2ccccc2)n1)NCc1ccccc1N1CCCC1. The average Bonchev–Trinajstić information content (AvgIpc) is 3.40. The molecular formula is C22H24ClN3OS. The zero-order valence-electron chi connectivity index (χ0n) is 15.6. The highest BCUT2D eigenvalue weighted by molar-refractivity contribution is 7.13. The molecule has 1 saturated heterocycles. The highest BCUT2D eigenvalue weighted by atomic mass is 35.5. The van der Waals surface area contributed by atoms with E-state index in [1.807, 2.05) is 41.8 Å². The number of nitrogens with zero attached hydrogens (tertiary/aromatic N) is 2. The second-order valence-electron chi connectivity index (χ2n) is 6.79. The van der Waals surface area contributed by atoms with Crippen LogP contribution in [-0.4, -0.2) is 24.0 Å². The number of para-hydroxylation sites is 1. The van der Waals surface area contributed by atoms with Crippen LogP contribution in [0.2, 0.25) is 0 Å². The molecule has 6 heteroatoms. The van der Waals surface area contributed by atoms with Crippen LogP contribution in [-0.2, 0) is 17.8 Å². The summed E-state index contributed by atoms with van der Waals surface area (Å²) in [5, 5.41) is 5.99. The number of anilines is 1. The third kappa shape index (κ3) is 4.91. The van der Waals surface area contributed by atoms with Crippen LogP contribution in [0.3, 0.4) is 0 Å². The molecule has 0 atom stereocenters. The molecular weight excluding hydrogens is 390 g/mol. The van der Waals surface area contributed by atoms with Gasteiger partial charge in [0.15, 0.2) is 0 Å². The number of carbonyl (C=O) groups excluding carboxylic acids is 1. The molecule has 2 aromatic carbocycles. The molecule has 28 heavy (non-hydrogen) atoms. The van der Waals surface area contributed by atoms with Gasteiger partial charge in [-0.3, -0.25) is 4.79 Å². The van der Waals surface area contributed by atoms with Gasteiger partial charge in [-0.2, -0.15) is 0 Å². The van der Waals surface area contributed by atoms with Crippen LogP contribution < -0.4 is 10.2 Å². The summed E-state index contributed by atoms with van der Waals surface area (Å²) < 4.78 is 0. The summed E-state index contributed by atoms with van der Waals surface area (Å²) in [7, 11) is 0. The lowest BCUT2D eigenvalue weighted by atomic mass is 10.1. The Morgan fingerprint density at radius 3 is 2.54 bits per heavy atom. The van der Waals surface area contributed by atoms with Crippen molar-refractivity contribution in [1.82, 2.24) is 10.3 Å². The van der Waals surface area contributed by atoms with Gasteiger partial charge in [0.1, 0.15) is 5.01 Å². The minimum absolute atomic E-state index is 0. The Morgan fingerprint density at radius 2 is 1.75 bits per heavy atom. The van der Waals surface area contributed by atoms with Crippen LogP contribution >= 0.6 is 23.7 Å². The Morgan fingerprint density at radius 1 is 1.04 bits per heavy atom. The van der Waals surface area contributed by atoms with Crippen LogP contribution in [0.1, 0.15) is 24.1 Å². The van der Waals surface area contributed by atoms with Gasteiger partial charge < -0.3 is 10.2 Å². The summed E-state index contributed by atoms with van der Waals surface area (Å²) in [5.74, 6) is 0.0103. The first-order valence-electron chi connectivity index (χ1n) is 9.39. The van der Waals surface area contributed by atoms with Crippen LogP contribution in [0.5, 0.6) is 0 Å². The zero-order valence-corrected chi connectivity index (χ0v) is 17.3. The second-order valence-corrected chi connectivity index (χ2v) is 7.64. The van der Waals surface area contributed by atoms with E-state index in [0.29, 0.717) is 13.0 Å². The van der Waals surface area contributed by atoms with E-state index < -0.39 is 0 Å². The van der Waals surface area contributed by atoms with Crippen LogP contribution in [0.25, 0.3) is 10.6 Å². The number of carbonyl (C=O) groups is 1. The maximum absolute atomic E-state index is 12.4. The topological polar surface area (TPSA) is 45.2 Å². The summed E-state index contributed by atoms with van der Waals surface area (Å²) in [6.45, 7) is 2.76. The molecule has 4 nitrogen and oxygen atoms in total. The van der Waals surface area contributed by atoms with Crippen LogP contribution in [0, 0.1) is 0 Å². The molecule has 1 aliphatic rings. The van der Waals surface area contributed by atoms with Gasteiger partial charge in [-0.15, -0.1) is 23.7 Å². The van der Waals surface area contributed by atoms with Gasteiger partial charge in [0.2, 0.25) is 5.91 Å². The molecule has 1 aliphatic heterocycles. The number of aromatic nitrogens is 1. The first kappa shape index (κ1) is 20.4. The van der Waals surface area contributed by atoms with Crippen LogP contribution in [0.4, 0.5) is 5.69 Å². The van der Waals surface area contributed by atoms with E-state index in [1.165, 1.54) is 24.1 Å². The normalized spacial score (nSPS) is 13.2. The van der Waals surface area contributed by atoms with Crippen LogP contribution in [0.15, 0.2) is 60.0 Å². The molecule has 1 aromatic heterocycles. The fourth-order valence-corrected chi connectivity index (χ4v) is 4.27. The van der Waals surface area contributed by atoms with Gasteiger partial charge in [0, 0.05) is 36.3 Å². The van der Waals surface area contributed by atoms with Gasteiger partial charge in [-0.25, -0.2) is 4.98 Å². The summed E-state index contributed by atoms with van der Waals surface area (Å²) in [4.78, 5) is 19.4. The molecule has 1 amide bonds. The van der Waals surface area contributed by atoms with Gasteiger partial charge in [-0.05, 0) is 24.5 Å². The third-order valence-electron chi connectivity index (χ3n) is 4.83. The fourth-order valence-electron chi connectivity index (χ4n) is 3.45. The molecule has 1 N–H and O–H groups in total. The molecule has 4 rings (SSSR count). The molecule has 0 saturated carbocycles. The summed E-state index contributed by atoms with van der Waals surface area (Å²) in [5.41, 5.74) is 4.34. The van der Waals surface area contributed by atoms with E-state index >= 15 is 0 Å². The van der Waals surface area contributed by atoms with Gasteiger partial charge in [0.05, 0.1) is 12.1 Å². The molecule has 3 aromatic rings. The first-order valence-corrected chi connectivity index (χ1v) is 10.3. The standard InChI is InChI=1S/C22H23N3OS.ClH/c26-21(14-19-16-27-22(24-19)17-8-2-1-3-9-17)23-15-18-10-4-5-11-20(18)25-12-6-7-13-25;/h1-5,8-11,16H,6-7,12-15H2,(H,23,26);1H. The number of rotatable bonds is 6. The smallest absolute Gasteiger partial charge is 0.226 e. The Labute approximate surface area is 176 Å². The quantitative estimate of drug-likeness (QED) is 0.637. The summed E-state index contributed by atoms with van der Waals surface area (Å²) in [6, 6.07) is 18.4. The molecule has 0 aliphatic carbocycles. The number of thiazole rings is 1. The second kappa shape index (κ2) is 9.71. The van der Waals surface area contributed by atoms with Crippen molar-refractivity contribution in [3.63, 3.8) is 0 Å². The first-order chi connectivity index (χ1) is 13.3. The summed E-state index contributed by atoms with van der Waals surface area (Å²) >= 11 is 1.58. The number of halogens is 1. The lowest BCUT2D eigenvalue weighted by Crippen LogP contribution is -2.26. The van der Waals surface area contributed by atoms with Gasteiger partial charge >= 0.3 is 0 Å². The Bertz CT molecular complexity index is 907. The van der Waals surface area contributed by atoms with E-state index in [4.69, 9.17) is 0 Å². The van der Waals surface area contributed by atoms with Crippen molar-refractivity contribution in [2.75, 3.05) is 18.0 Å². The van der Waals surface area contributed by atoms with Crippen molar-refractivity contribution in [1.29, 1.82) is 0 Å². The van der Waals surface area contributed by atoms with Crippen molar-refractivity contribution in [3.05, 3.63) is 71.2 Å². The zero-order chi connectivity index (χ0) is 18.5. The monoisotopic (exact) mass is 413 g/mol. The average molecular weight is 414 g/mol. The molecule has 2 heterocycles. The highest BCUT2D eigenvalue weighted by Crippen LogP contribution is 2.25. The van der Waals surface area contributed by atoms with Crippen molar-refractivity contribution in [3.8, 4) is 10.6 Å². The van der Waals surface area contributed by atoms with E-state index in [9.17, 15) is 4.79 Å². The number of hydrogen-bond donors (Lipinski definition) is 1. The number of nitrogens with one attached hydrogen (secondary N) is 1. The Hall–Kier alpha value is -2.37. The fraction of sp³-hybridized carbons (Fsp3) is 0.273. The summed E-state index contributed by atoms with van der Waals surface area (Å²) in [6.07, 6.45) is 2.80. The Balaban J connectivity index is 0.00000225. The number of amides is 1. The van der Waals surface area contributed by atoms with E-state index in [0.717, 1.165) is 29.4 Å². The predicted octanol–water partition coefficient (Wildman–Crippen LogP) is 4.69. The lowest BCUT2D eigenvalue weighted by Gasteiger charge is -2.21. The van der Waals surface area contributed by atoms with Crippen molar-refractivity contribution in [2.24, 2.45) is 0 Å². The van der Waals surface area contributed by atoms with Crippen molar-refractivity contribution >= 4 is 35.3 Å². The van der Waals surface area contributed by atoms with E-state index in [2.05, 4.69) is 33.4 Å². The third-order valence-corrected chi connectivity index (χ3v) is 5.77. The Kier molecular flexibility index (Phi) is 7.06. The minimum atomic E-state index is 0. The molecule has 0 unspecified atom stereocenters. The largest absolute Gasteiger partial charge is 0.371 e. The van der Waals surface area contributed by atoms with Crippen molar-refractivity contribution in [2.45, 2.75) is 25.8 Å². The van der Waals surface area contributed by atoms with E-state index in [1.54, 1.807) is 11.3 Å². The van der Waals surface area contributed by atoms with Gasteiger partial charge in [0.25, 0.3) is 0 Å². The minimum Gasteiger partial charge on any atom is -0.371 e. The molecule has 0 radical (unpaired) electrons.